The molecule has 0 amide bonds. The number of esters is 1. The van der Waals surface area contributed by atoms with Gasteiger partial charge in [0.15, 0.2) is 0 Å². The number of imidazole rings is 1. The van der Waals surface area contributed by atoms with Gasteiger partial charge in [0.2, 0.25) is 0 Å². The largest absolute Gasteiger partial charge is 0.478 e. The van der Waals surface area contributed by atoms with Crippen molar-refractivity contribution >= 4 is 17.6 Å². The van der Waals surface area contributed by atoms with E-state index < -0.39 is 22.8 Å². The quantitative estimate of drug-likeness (QED) is 0.334. The van der Waals surface area contributed by atoms with E-state index in [4.69, 9.17) is 4.74 Å². The first-order valence-corrected chi connectivity index (χ1v) is 10.6. The van der Waals surface area contributed by atoms with Gasteiger partial charge in [-0.1, -0.05) is 25.5 Å². The summed E-state index contributed by atoms with van der Waals surface area (Å²) in [6.45, 7) is 5.57. The van der Waals surface area contributed by atoms with Gasteiger partial charge in [0, 0.05) is 35.9 Å². The number of nitro benzene ring substituents is 1. The number of nitro groups is 1. The number of nitrogens with zero attached hydrogens (tertiary/aromatic N) is 3. The Balaban J connectivity index is 2.16. The van der Waals surface area contributed by atoms with Crippen LogP contribution in [0, 0.1) is 10.1 Å². The normalized spacial score (nSPS) is 16.9. The van der Waals surface area contributed by atoms with Crippen LogP contribution in [0.3, 0.4) is 0 Å². The van der Waals surface area contributed by atoms with Gasteiger partial charge in [-0.05, 0) is 25.8 Å². The first-order chi connectivity index (χ1) is 15.7. The molecule has 2 atom stereocenters. The molecule has 0 spiro atoms. The SMILES string of the molecule is CCCC(C)OC(=O)C1=C(C)NC(Cn2ccnc2)=C(C(=O)O)C1c1cccc([N+](=O)[O-])c1. The second-order valence-electron chi connectivity index (χ2n) is 7.89. The Morgan fingerprint density at radius 1 is 1.36 bits per heavy atom. The van der Waals surface area contributed by atoms with Crippen molar-refractivity contribution in [3.8, 4) is 0 Å². The number of non-ortho nitro benzene ring substituents is 1. The molecule has 3 rings (SSSR count). The van der Waals surface area contributed by atoms with E-state index in [-0.39, 0.29) is 29.5 Å². The molecular weight excluding hydrogens is 428 g/mol. The first kappa shape index (κ1) is 23.7. The van der Waals surface area contributed by atoms with Crippen molar-refractivity contribution in [2.45, 2.75) is 52.2 Å². The Kier molecular flexibility index (Phi) is 7.27. The average molecular weight is 454 g/mol. The summed E-state index contributed by atoms with van der Waals surface area (Å²) in [5.41, 5.74) is 0.945. The van der Waals surface area contributed by atoms with E-state index in [1.54, 1.807) is 43.2 Å². The summed E-state index contributed by atoms with van der Waals surface area (Å²) >= 11 is 0. The summed E-state index contributed by atoms with van der Waals surface area (Å²) in [4.78, 5) is 40.5. The van der Waals surface area contributed by atoms with Crippen LogP contribution in [0.4, 0.5) is 5.69 Å². The predicted molar refractivity (Wildman–Crippen MR) is 119 cm³/mol. The lowest BCUT2D eigenvalue weighted by Crippen LogP contribution is -2.34. The van der Waals surface area contributed by atoms with Crippen molar-refractivity contribution in [1.29, 1.82) is 0 Å². The van der Waals surface area contributed by atoms with Crippen molar-refractivity contribution < 1.29 is 24.4 Å². The Hall–Kier alpha value is -3.95. The fourth-order valence-electron chi connectivity index (χ4n) is 3.97. The highest BCUT2D eigenvalue weighted by atomic mass is 16.6. The lowest BCUT2D eigenvalue weighted by molar-refractivity contribution is -0.384. The number of carbonyl (C=O) groups is 2. The highest BCUT2D eigenvalue weighted by Gasteiger charge is 2.39. The number of benzene rings is 1. The maximum atomic E-state index is 13.2. The van der Waals surface area contributed by atoms with Gasteiger partial charge in [-0.25, -0.2) is 14.6 Å². The molecule has 0 fully saturated rings. The minimum absolute atomic E-state index is 0.0788. The Morgan fingerprint density at radius 3 is 2.73 bits per heavy atom. The number of dihydropyridines is 1. The molecule has 0 bridgehead atoms. The number of rotatable bonds is 9. The van der Waals surface area contributed by atoms with Crippen LogP contribution in [0.15, 0.2) is 65.5 Å². The van der Waals surface area contributed by atoms with Gasteiger partial charge in [-0.15, -0.1) is 0 Å². The third kappa shape index (κ3) is 5.28. The summed E-state index contributed by atoms with van der Waals surface area (Å²) in [7, 11) is 0. The number of hydrogen-bond donors (Lipinski definition) is 2. The van der Waals surface area contributed by atoms with Crippen LogP contribution >= 0.6 is 0 Å². The molecule has 1 aliphatic rings. The average Bonchev–Trinajstić information content (AvgIpc) is 3.26. The van der Waals surface area contributed by atoms with E-state index in [2.05, 4.69) is 10.3 Å². The Labute approximate surface area is 190 Å². The van der Waals surface area contributed by atoms with Gasteiger partial charge < -0.3 is 19.7 Å². The molecule has 2 N–H and O–H groups in total. The standard InChI is InChI=1S/C23H26N4O6/c1-4-6-14(2)33-23(30)19-15(3)25-18(12-26-10-9-24-13-26)21(22(28)29)20(19)16-7-5-8-17(11-16)27(31)32/h5,7-11,13-14,20,25H,4,6,12H2,1-3H3,(H,28,29). The zero-order valence-electron chi connectivity index (χ0n) is 18.6. The fourth-order valence-corrected chi connectivity index (χ4v) is 3.97. The van der Waals surface area contributed by atoms with Gasteiger partial charge in [0.05, 0.1) is 41.0 Å². The number of hydrogen-bond acceptors (Lipinski definition) is 7. The smallest absolute Gasteiger partial charge is 0.337 e. The molecule has 10 heteroatoms. The monoisotopic (exact) mass is 454 g/mol. The minimum Gasteiger partial charge on any atom is -0.478 e. The lowest BCUT2D eigenvalue weighted by Gasteiger charge is -2.31. The molecule has 2 unspecified atom stereocenters. The zero-order chi connectivity index (χ0) is 24.1. The predicted octanol–water partition coefficient (Wildman–Crippen LogP) is 3.52. The summed E-state index contributed by atoms with van der Waals surface area (Å²) in [5, 5.41) is 24.6. The van der Waals surface area contributed by atoms with Crippen LogP contribution in [0.1, 0.15) is 45.1 Å². The molecule has 174 valence electrons. The summed E-state index contributed by atoms with van der Waals surface area (Å²) in [5.74, 6) is -2.95. The van der Waals surface area contributed by atoms with Crippen molar-refractivity contribution in [2.75, 3.05) is 0 Å². The van der Waals surface area contributed by atoms with E-state index in [0.29, 0.717) is 23.4 Å². The molecule has 33 heavy (non-hydrogen) atoms. The van der Waals surface area contributed by atoms with E-state index in [1.807, 2.05) is 6.92 Å². The number of carboxylic acids is 1. The molecule has 0 aliphatic carbocycles. The number of aromatic nitrogens is 2. The van der Waals surface area contributed by atoms with Crippen LogP contribution in [0.25, 0.3) is 0 Å². The summed E-state index contributed by atoms with van der Waals surface area (Å²) in [6, 6.07) is 5.67. The van der Waals surface area contributed by atoms with Gasteiger partial charge in [-0.2, -0.15) is 0 Å². The Morgan fingerprint density at radius 2 is 2.12 bits per heavy atom. The summed E-state index contributed by atoms with van der Waals surface area (Å²) < 4.78 is 7.29. The molecular formula is C23H26N4O6. The third-order valence-corrected chi connectivity index (χ3v) is 5.41. The van der Waals surface area contributed by atoms with Crippen LogP contribution in [0.5, 0.6) is 0 Å². The van der Waals surface area contributed by atoms with E-state index in [9.17, 15) is 24.8 Å². The van der Waals surface area contributed by atoms with Crippen LogP contribution in [0.2, 0.25) is 0 Å². The van der Waals surface area contributed by atoms with Gasteiger partial charge >= 0.3 is 11.9 Å². The van der Waals surface area contributed by atoms with E-state index in [1.165, 1.54) is 18.2 Å². The second-order valence-corrected chi connectivity index (χ2v) is 7.89. The molecule has 0 radical (unpaired) electrons. The number of aliphatic carboxylic acids is 1. The molecule has 2 aromatic rings. The topological polar surface area (TPSA) is 137 Å². The first-order valence-electron chi connectivity index (χ1n) is 10.6. The van der Waals surface area contributed by atoms with E-state index >= 15 is 0 Å². The zero-order valence-corrected chi connectivity index (χ0v) is 18.6. The number of carboxylic acid groups (broad SMARTS) is 1. The summed E-state index contributed by atoms with van der Waals surface area (Å²) in [6.07, 6.45) is 5.91. The van der Waals surface area contributed by atoms with Gasteiger partial charge in [0.25, 0.3) is 5.69 Å². The maximum absolute atomic E-state index is 13.2. The number of nitrogens with one attached hydrogen (secondary N) is 1. The van der Waals surface area contributed by atoms with Gasteiger partial charge in [-0.3, -0.25) is 10.1 Å². The molecule has 1 aromatic carbocycles. The molecule has 1 aromatic heterocycles. The molecule has 0 saturated carbocycles. The van der Waals surface area contributed by atoms with Crippen molar-refractivity contribution in [2.24, 2.45) is 0 Å². The second kappa shape index (κ2) is 10.1. The van der Waals surface area contributed by atoms with Crippen molar-refractivity contribution in [3.63, 3.8) is 0 Å². The van der Waals surface area contributed by atoms with Crippen LogP contribution in [-0.4, -0.2) is 37.6 Å². The van der Waals surface area contributed by atoms with Crippen molar-refractivity contribution in [3.05, 3.63) is 81.2 Å². The molecule has 10 nitrogen and oxygen atoms in total. The van der Waals surface area contributed by atoms with Crippen molar-refractivity contribution in [1.82, 2.24) is 14.9 Å². The highest BCUT2D eigenvalue weighted by Crippen LogP contribution is 2.40. The van der Waals surface area contributed by atoms with Crippen LogP contribution < -0.4 is 5.32 Å². The minimum atomic E-state index is -1.24. The lowest BCUT2D eigenvalue weighted by atomic mass is 9.80. The molecule has 2 heterocycles. The van der Waals surface area contributed by atoms with Gasteiger partial charge in [0.1, 0.15) is 0 Å². The van der Waals surface area contributed by atoms with E-state index in [0.717, 1.165) is 6.42 Å². The number of ether oxygens (including phenoxy) is 1. The number of allylic oxidation sites excluding steroid dienone is 2. The third-order valence-electron chi connectivity index (χ3n) is 5.41. The highest BCUT2D eigenvalue weighted by molar-refractivity contribution is 5.99. The number of carbonyl (C=O) groups excluding carboxylic acids is 1. The maximum Gasteiger partial charge on any atom is 0.337 e. The molecule has 0 saturated heterocycles. The Bertz CT molecular complexity index is 1120. The fraction of sp³-hybridized carbons (Fsp3) is 0.348. The van der Waals surface area contributed by atoms with Crippen LogP contribution in [-0.2, 0) is 20.9 Å². The molecule has 1 aliphatic heterocycles.